The molecular formula is C36H40N8O4. The molecule has 0 spiro atoms. The predicted octanol–water partition coefficient (Wildman–Crippen LogP) is 6.00. The molecule has 3 heterocycles. The maximum absolute atomic E-state index is 14.3. The van der Waals surface area contributed by atoms with Crippen molar-refractivity contribution in [3.8, 4) is 22.7 Å². The zero-order valence-corrected chi connectivity index (χ0v) is 28.1. The fraction of sp³-hybridized carbons (Fsp3) is 0.306. The molecule has 1 aliphatic rings. The summed E-state index contributed by atoms with van der Waals surface area (Å²) in [5.41, 5.74) is 3.90. The lowest BCUT2D eigenvalue weighted by Crippen LogP contribution is -2.44. The van der Waals surface area contributed by atoms with Crippen LogP contribution in [0.25, 0.3) is 28.1 Å². The molecule has 0 unspecified atom stereocenters. The quantitative estimate of drug-likeness (QED) is 0.217. The number of anilines is 4. The number of fused-ring (bicyclic) bond motifs is 1. The third-order valence-electron chi connectivity index (χ3n) is 7.98. The minimum absolute atomic E-state index is 0.252. The van der Waals surface area contributed by atoms with Gasteiger partial charge < -0.3 is 24.6 Å². The maximum atomic E-state index is 14.3. The average molecular weight is 649 g/mol. The topological polar surface area (TPSA) is 127 Å². The number of nitrogens with one attached hydrogen (secondary N) is 2. The van der Waals surface area contributed by atoms with Gasteiger partial charge in [0, 0.05) is 49.2 Å². The molecule has 2 aromatic heterocycles. The Hall–Kier alpha value is -5.49. The van der Waals surface area contributed by atoms with Gasteiger partial charge in [-0.25, -0.2) is 14.8 Å². The van der Waals surface area contributed by atoms with E-state index < -0.39 is 11.7 Å². The number of amides is 1. The second kappa shape index (κ2) is 13.3. The molecule has 0 bridgehead atoms. The molecule has 0 atom stereocenters. The minimum atomic E-state index is -0.671. The van der Waals surface area contributed by atoms with Crippen molar-refractivity contribution in [1.82, 2.24) is 24.4 Å². The van der Waals surface area contributed by atoms with Crippen LogP contribution in [0.15, 0.2) is 77.6 Å². The summed E-state index contributed by atoms with van der Waals surface area (Å²) in [7, 11) is 3.76. The van der Waals surface area contributed by atoms with Crippen LogP contribution >= 0.6 is 0 Å². The summed E-state index contributed by atoms with van der Waals surface area (Å²) in [5, 5.41) is 6.07. The maximum Gasteiger partial charge on any atom is 0.412 e. The van der Waals surface area contributed by atoms with Crippen molar-refractivity contribution in [1.29, 1.82) is 0 Å². The number of carbonyl (C=O) groups excluding carboxylic acids is 1. The molecule has 0 radical (unpaired) electrons. The van der Waals surface area contributed by atoms with Crippen molar-refractivity contribution < 1.29 is 14.3 Å². The molecule has 1 amide bonds. The van der Waals surface area contributed by atoms with E-state index in [4.69, 9.17) is 24.4 Å². The van der Waals surface area contributed by atoms with Gasteiger partial charge in [0.05, 0.1) is 24.2 Å². The average Bonchev–Trinajstić information content (AvgIpc) is 3.05. The largest absolute Gasteiger partial charge is 0.494 e. The number of benzene rings is 3. The molecule has 12 heteroatoms. The molecule has 1 aliphatic heterocycles. The summed E-state index contributed by atoms with van der Waals surface area (Å²) < 4.78 is 12.7. The first-order valence-corrected chi connectivity index (χ1v) is 15.8. The lowest BCUT2D eigenvalue weighted by atomic mass is 10.1. The smallest absolute Gasteiger partial charge is 0.412 e. The van der Waals surface area contributed by atoms with E-state index in [-0.39, 0.29) is 17.2 Å². The van der Waals surface area contributed by atoms with Crippen molar-refractivity contribution in [2.24, 2.45) is 0 Å². The number of hydrogen-bond acceptors (Lipinski definition) is 10. The Morgan fingerprint density at radius 3 is 2.33 bits per heavy atom. The Balaban J connectivity index is 1.44. The van der Waals surface area contributed by atoms with Gasteiger partial charge in [0.1, 0.15) is 22.6 Å². The summed E-state index contributed by atoms with van der Waals surface area (Å²) in [6.45, 7) is 11.1. The number of aromatic nitrogens is 4. The zero-order chi connectivity index (χ0) is 34.0. The van der Waals surface area contributed by atoms with Crippen LogP contribution < -0.4 is 25.8 Å². The molecule has 0 saturated carbocycles. The zero-order valence-electron chi connectivity index (χ0n) is 28.1. The van der Waals surface area contributed by atoms with Crippen molar-refractivity contribution in [3.05, 3.63) is 88.8 Å². The number of methoxy groups -OCH3 is 1. The van der Waals surface area contributed by atoms with Crippen LogP contribution in [-0.2, 0) is 4.74 Å². The van der Waals surface area contributed by atoms with Gasteiger partial charge >= 0.3 is 6.09 Å². The highest BCUT2D eigenvalue weighted by atomic mass is 16.6. The monoisotopic (exact) mass is 648 g/mol. The van der Waals surface area contributed by atoms with E-state index in [0.717, 1.165) is 31.9 Å². The van der Waals surface area contributed by atoms with Gasteiger partial charge in [-0.15, -0.1) is 0 Å². The number of hydrogen-bond donors (Lipinski definition) is 2. The number of carbonyl (C=O) groups is 1. The third-order valence-corrected chi connectivity index (χ3v) is 7.98. The Bertz CT molecular complexity index is 2020. The summed E-state index contributed by atoms with van der Waals surface area (Å²) in [5.74, 6) is 0.916. The van der Waals surface area contributed by atoms with E-state index in [9.17, 15) is 9.59 Å². The van der Waals surface area contributed by atoms with E-state index in [0.29, 0.717) is 45.2 Å². The van der Waals surface area contributed by atoms with Crippen LogP contribution in [-0.4, -0.2) is 76.4 Å². The number of nitrogens with zero attached hydrogens (tertiary/aromatic N) is 6. The van der Waals surface area contributed by atoms with E-state index in [1.54, 1.807) is 52.1 Å². The Labute approximate surface area is 279 Å². The lowest BCUT2D eigenvalue weighted by molar-refractivity contribution is 0.0636. The van der Waals surface area contributed by atoms with Crippen LogP contribution in [0.5, 0.6) is 5.75 Å². The number of rotatable bonds is 7. The van der Waals surface area contributed by atoms with Crippen LogP contribution in [0.4, 0.5) is 27.8 Å². The first kappa shape index (κ1) is 32.5. The van der Waals surface area contributed by atoms with E-state index in [2.05, 4.69) is 33.5 Å². The number of aryl methyl sites for hydroxylation is 1. The van der Waals surface area contributed by atoms with Gasteiger partial charge in [0.25, 0.3) is 5.56 Å². The normalized spacial score (nSPS) is 13.8. The fourth-order valence-corrected chi connectivity index (χ4v) is 5.59. The molecule has 12 nitrogen and oxygen atoms in total. The van der Waals surface area contributed by atoms with E-state index in [1.165, 1.54) is 4.57 Å². The van der Waals surface area contributed by atoms with Crippen molar-refractivity contribution in [2.45, 2.75) is 33.3 Å². The highest BCUT2D eigenvalue weighted by Crippen LogP contribution is 2.33. The van der Waals surface area contributed by atoms with Crippen LogP contribution in [0, 0.1) is 6.92 Å². The molecule has 2 N–H and O–H groups in total. The highest BCUT2D eigenvalue weighted by molar-refractivity contribution is 5.86. The van der Waals surface area contributed by atoms with Crippen molar-refractivity contribution in [3.63, 3.8) is 0 Å². The predicted molar refractivity (Wildman–Crippen MR) is 189 cm³/mol. The van der Waals surface area contributed by atoms with Gasteiger partial charge in [-0.1, -0.05) is 36.4 Å². The molecule has 48 heavy (non-hydrogen) atoms. The van der Waals surface area contributed by atoms with Crippen LogP contribution in [0.3, 0.4) is 0 Å². The molecule has 248 valence electrons. The fourth-order valence-electron chi connectivity index (χ4n) is 5.59. The van der Waals surface area contributed by atoms with E-state index >= 15 is 0 Å². The van der Waals surface area contributed by atoms with Gasteiger partial charge in [0.2, 0.25) is 5.95 Å². The van der Waals surface area contributed by atoms with Gasteiger partial charge in [-0.3, -0.25) is 14.7 Å². The summed E-state index contributed by atoms with van der Waals surface area (Å²) in [4.78, 5) is 45.9. The second-order valence-electron chi connectivity index (χ2n) is 12.7. The van der Waals surface area contributed by atoms with Crippen LogP contribution in [0.2, 0.25) is 0 Å². The van der Waals surface area contributed by atoms with Crippen LogP contribution in [0.1, 0.15) is 26.5 Å². The Morgan fingerprint density at radius 1 is 0.875 bits per heavy atom. The third kappa shape index (κ3) is 7.08. The van der Waals surface area contributed by atoms with E-state index in [1.807, 2.05) is 49.4 Å². The summed E-state index contributed by atoms with van der Waals surface area (Å²) in [6.07, 6.45) is -0.603. The molecule has 3 aromatic carbocycles. The Kier molecular flexibility index (Phi) is 9.01. The molecule has 5 aromatic rings. The minimum Gasteiger partial charge on any atom is -0.494 e. The first-order chi connectivity index (χ1) is 23.0. The lowest BCUT2D eigenvalue weighted by Gasteiger charge is -2.34. The van der Waals surface area contributed by atoms with Gasteiger partial charge in [-0.05, 0) is 65.1 Å². The standard InChI is InChI=1S/C36H40N8O4/c1-23-30-32(41-34(37-23)39-28-16-15-26(22-29(28)47-6)43-19-17-42(5)18-20-43)44(33(45)31(40-30)24-11-8-7-9-12-24)27-14-10-13-25(21-27)38-35(46)48-36(2,3)4/h7-16,21-22H,17-20H2,1-6H3,(H,38,46)(H,37,39,41). The molecule has 0 aliphatic carbocycles. The number of ether oxygens (including phenoxy) is 2. The molecule has 1 fully saturated rings. The van der Waals surface area contributed by atoms with Gasteiger partial charge in [-0.2, -0.15) is 4.98 Å². The molecule has 1 saturated heterocycles. The van der Waals surface area contributed by atoms with Gasteiger partial charge in [0.15, 0.2) is 5.65 Å². The second-order valence-corrected chi connectivity index (χ2v) is 12.7. The van der Waals surface area contributed by atoms with Crippen molar-refractivity contribution >= 4 is 40.3 Å². The highest BCUT2D eigenvalue weighted by Gasteiger charge is 2.21. The molecular weight excluding hydrogens is 608 g/mol. The number of piperazine rings is 1. The SMILES string of the molecule is COc1cc(N2CCN(C)CC2)ccc1Nc1nc(C)c2nc(-c3ccccc3)c(=O)n(-c3cccc(NC(=O)OC(C)(C)C)c3)c2n1. The van der Waals surface area contributed by atoms with Crippen molar-refractivity contribution in [2.75, 3.05) is 55.9 Å². The summed E-state index contributed by atoms with van der Waals surface area (Å²) in [6, 6.07) is 22.2. The summed E-state index contributed by atoms with van der Waals surface area (Å²) >= 11 is 0. The molecule has 6 rings (SSSR count). The Morgan fingerprint density at radius 2 is 1.62 bits per heavy atom. The first-order valence-electron chi connectivity index (χ1n) is 15.8. The number of likely N-dealkylation sites (N-methyl/N-ethyl adjacent to an activating group) is 1.